The van der Waals surface area contributed by atoms with Crippen molar-refractivity contribution in [1.82, 2.24) is 9.80 Å². The zero-order valence-corrected chi connectivity index (χ0v) is 9.16. The normalized spacial score (nSPS) is 11.9. The Hall–Kier alpha value is -0.610. The van der Waals surface area contributed by atoms with Crippen LogP contribution in [-0.4, -0.2) is 60.6 Å². The van der Waals surface area contributed by atoms with E-state index in [0.29, 0.717) is 13.1 Å². The lowest BCUT2D eigenvalue weighted by Crippen LogP contribution is -2.41. The van der Waals surface area contributed by atoms with Crippen LogP contribution in [0.2, 0.25) is 0 Å². The van der Waals surface area contributed by atoms with Crippen molar-refractivity contribution in [3.8, 4) is 0 Å². The van der Waals surface area contributed by atoms with E-state index in [2.05, 4.69) is 0 Å². The zero-order chi connectivity index (χ0) is 10.6. The summed E-state index contributed by atoms with van der Waals surface area (Å²) in [5.74, 6) is 0.0479. The molecule has 0 spiro atoms. The minimum atomic E-state index is -0.749. The van der Waals surface area contributed by atoms with E-state index in [-0.39, 0.29) is 5.91 Å². The van der Waals surface area contributed by atoms with Crippen molar-refractivity contribution in [1.29, 1.82) is 0 Å². The van der Waals surface area contributed by atoms with Gasteiger partial charge in [0.15, 0.2) is 0 Å². The zero-order valence-electron chi connectivity index (χ0n) is 9.16. The minimum Gasteiger partial charge on any atom is -0.389 e. The number of rotatable bonds is 4. The molecular weight excluding hydrogens is 168 g/mol. The van der Waals surface area contributed by atoms with E-state index in [0.717, 1.165) is 0 Å². The smallest absolute Gasteiger partial charge is 0.236 e. The molecule has 1 N–H and O–H groups in total. The summed E-state index contributed by atoms with van der Waals surface area (Å²) < 4.78 is 0. The highest BCUT2D eigenvalue weighted by atomic mass is 16.3. The SMILES string of the molecule is CN(CC(=O)N(C)C)CC(C)(C)O. The van der Waals surface area contributed by atoms with Crippen LogP contribution in [0.15, 0.2) is 0 Å². The van der Waals surface area contributed by atoms with Crippen molar-refractivity contribution in [2.75, 3.05) is 34.2 Å². The molecule has 0 saturated heterocycles. The highest BCUT2D eigenvalue weighted by Crippen LogP contribution is 2.02. The van der Waals surface area contributed by atoms with Gasteiger partial charge in [0.25, 0.3) is 0 Å². The van der Waals surface area contributed by atoms with E-state index < -0.39 is 5.60 Å². The molecule has 0 atom stereocenters. The third kappa shape index (κ3) is 6.54. The van der Waals surface area contributed by atoms with Crippen molar-refractivity contribution in [3.05, 3.63) is 0 Å². The lowest BCUT2D eigenvalue weighted by Gasteiger charge is -2.25. The Labute approximate surface area is 80.1 Å². The highest BCUT2D eigenvalue weighted by molar-refractivity contribution is 5.77. The van der Waals surface area contributed by atoms with E-state index in [4.69, 9.17) is 0 Å². The monoisotopic (exact) mass is 188 g/mol. The lowest BCUT2D eigenvalue weighted by atomic mass is 10.1. The standard InChI is InChI=1S/C9H20N2O2/c1-9(2,13)7-11(5)6-8(12)10(3)4/h13H,6-7H2,1-5H3. The number of aliphatic hydroxyl groups is 1. The summed E-state index contributed by atoms with van der Waals surface area (Å²) in [6, 6.07) is 0. The van der Waals surface area contributed by atoms with E-state index in [1.54, 1.807) is 32.8 Å². The second kappa shape index (κ2) is 4.58. The predicted octanol–water partition coefficient (Wildman–Crippen LogP) is -0.223. The van der Waals surface area contributed by atoms with Gasteiger partial charge >= 0.3 is 0 Å². The van der Waals surface area contributed by atoms with Crippen molar-refractivity contribution < 1.29 is 9.90 Å². The molecule has 78 valence electrons. The topological polar surface area (TPSA) is 43.8 Å². The molecule has 0 aliphatic rings. The average Bonchev–Trinajstić information content (AvgIpc) is 1.81. The molecule has 0 radical (unpaired) electrons. The number of amides is 1. The maximum Gasteiger partial charge on any atom is 0.236 e. The first-order valence-electron chi connectivity index (χ1n) is 4.33. The molecule has 0 bridgehead atoms. The Morgan fingerprint density at radius 1 is 1.31 bits per heavy atom. The summed E-state index contributed by atoms with van der Waals surface area (Å²) >= 11 is 0. The fourth-order valence-corrected chi connectivity index (χ4v) is 1.09. The molecule has 0 rings (SSSR count). The molecule has 1 amide bonds. The van der Waals surface area contributed by atoms with Gasteiger partial charge in [-0.1, -0.05) is 0 Å². The second-order valence-corrected chi connectivity index (χ2v) is 4.27. The third-order valence-electron chi connectivity index (χ3n) is 1.56. The molecule has 0 aliphatic carbocycles. The summed E-state index contributed by atoms with van der Waals surface area (Å²) in [7, 11) is 5.26. The summed E-state index contributed by atoms with van der Waals surface area (Å²) in [5.41, 5.74) is -0.749. The molecule has 4 nitrogen and oxygen atoms in total. The summed E-state index contributed by atoms with van der Waals surface area (Å²) in [4.78, 5) is 14.6. The fraction of sp³-hybridized carbons (Fsp3) is 0.889. The summed E-state index contributed by atoms with van der Waals surface area (Å²) in [6.45, 7) is 4.29. The van der Waals surface area contributed by atoms with Crippen molar-refractivity contribution in [3.63, 3.8) is 0 Å². The van der Waals surface area contributed by atoms with Gasteiger partial charge < -0.3 is 10.0 Å². The summed E-state index contributed by atoms with van der Waals surface area (Å²) in [6.07, 6.45) is 0. The van der Waals surface area contributed by atoms with Gasteiger partial charge in [-0.05, 0) is 20.9 Å². The maximum absolute atomic E-state index is 11.2. The van der Waals surface area contributed by atoms with Gasteiger partial charge in [-0.2, -0.15) is 0 Å². The van der Waals surface area contributed by atoms with Crippen LogP contribution in [0.25, 0.3) is 0 Å². The largest absolute Gasteiger partial charge is 0.389 e. The minimum absolute atomic E-state index is 0.0479. The number of likely N-dealkylation sites (N-methyl/N-ethyl adjacent to an activating group) is 2. The van der Waals surface area contributed by atoms with Crippen LogP contribution < -0.4 is 0 Å². The number of hydrogen-bond acceptors (Lipinski definition) is 3. The van der Waals surface area contributed by atoms with Crippen LogP contribution in [0.5, 0.6) is 0 Å². The summed E-state index contributed by atoms with van der Waals surface area (Å²) in [5, 5.41) is 9.47. The Morgan fingerprint density at radius 3 is 2.08 bits per heavy atom. The molecule has 0 saturated carbocycles. The Morgan fingerprint density at radius 2 is 1.77 bits per heavy atom. The third-order valence-corrected chi connectivity index (χ3v) is 1.56. The maximum atomic E-state index is 11.2. The van der Waals surface area contributed by atoms with Gasteiger partial charge in [0.05, 0.1) is 12.1 Å². The van der Waals surface area contributed by atoms with Crippen LogP contribution in [0.1, 0.15) is 13.8 Å². The molecule has 0 fully saturated rings. The molecule has 0 aliphatic heterocycles. The quantitative estimate of drug-likeness (QED) is 0.663. The first-order chi connectivity index (χ1) is 5.72. The van der Waals surface area contributed by atoms with E-state index in [1.807, 2.05) is 11.9 Å². The Kier molecular flexibility index (Phi) is 4.36. The first-order valence-corrected chi connectivity index (χ1v) is 4.33. The Balaban J connectivity index is 3.88. The van der Waals surface area contributed by atoms with E-state index >= 15 is 0 Å². The van der Waals surface area contributed by atoms with E-state index in [9.17, 15) is 9.90 Å². The number of carbonyl (C=O) groups is 1. The van der Waals surface area contributed by atoms with Gasteiger partial charge in [-0.15, -0.1) is 0 Å². The molecule has 0 aromatic carbocycles. The number of nitrogens with zero attached hydrogens (tertiary/aromatic N) is 2. The van der Waals surface area contributed by atoms with Crippen LogP contribution in [0.4, 0.5) is 0 Å². The lowest BCUT2D eigenvalue weighted by molar-refractivity contribution is -0.130. The molecule has 0 unspecified atom stereocenters. The van der Waals surface area contributed by atoms with Crippen LogP contribution in [0.3, 0.4) is 0 Å². The van der Waals surface area contributed by atoms with Crippen LogP contribution in [-0.2, 0) is 4.79 Å². The molecule has 4 heteroatoms. The van der Waals surface area contributed by atoms with Crippen molar-refractivity contribution in [2.45, 2.75) is 19.4 Å². The van der Waals surface area contributed by atoms with Gasteiger partial charge in [0.1, 0.15) is 0 Å². The number of hydrogen-bond donors (Lipinski definition) is 1. The Bertz CT molecular complexity index is 173. The first kappa shape index (κ1) is 12.4. The van der Waals surface area contributed by atoms with Crippen molar-refractivity contribution >= 4 is 5.91 Å². The van der Waals surface area contributed by atoms with Gasteiger partial charge in [-0.25, -0.2) is 0 Å². The average molecular weight is 188 g/mol. The van der Waals surface area contributed by atoms with Crippen LogP contribution in [0, 0.1) is 0 Å². The van der Waals surface area contributed by atoms with Gasteiger partial charge in [-0.3, -0.25) is 9.69 Å². The molecule has 0 heterocycles. The van der Waals surface area contributed by atoms with Gasteiger partial charge in [0, 0.05) is 20.6 Å². The highest BCUT2D eigenvalue weighted by Gasteiger charge is 2.17. The fourth-order valence-electron chi connectivity index (χ4n) is 1.09. The van der Waals surface area contributed by atoms with E-state index in [1.165, 1.54) is 0 Å². The van der Waals surface area contributed by atoms with Crippen LogP contribution >= 0.6 is 0 Å². The molecule has 0 aromatic rings. The van der Waals surface area contributed by atoms with Gasteiger partial charge in [0.2, 0.25) is 5.91 Å². The molecule has 13 heavy (non-hydrogen) atoms. The second-order valence-electron chi connectivity index (χ2n) is 4.27. The number of carbonyl (C=O) groups excluding carboxylic acids is 1. The van der Waals surface area contributed by atoms with Crippen molar-refractivity contribution in [2.24, 2.45) is 0 Å². The molecular formula is C9H20N2O2. The predicted molar refractivity (Wildman–Crippen MR) is 52.5 cm³/mol. The molecule has 0 aromatic heterocycles.